The lowest BCUT2D eigenvalue weighted by molar-refractivity contribution is -0.106. The summed E-state index contributed by atoms with van der Waals surface area (Å²) in [5.41, 5.74) is 1.43. The van der Waals surface area contributed by atoms with E-state index >= 15 is 0 Å². The van der Waals surface area contributed by atoms with E-state index in [1.807, 2.05) is 26.8 Å². The van der Waals surface area contributed by atoms with Gasteiger partial charge in [-0.2, -0.15) is 5.10 Å². The molecule has 1 aromatic heterocycles. The van der Waals surface area contributed by atoms with Crippen molar-refractivity contribution in [2.45, 2.75) is 45.8 Å². The molecule has 16 heavy (non-hydrogen) atoms. The zero-order chi connectivity index (χ0) is 12.0. The number of nitrogens with one attached hydrogen (secondary N) is 1. The van der Waals surface area contributed by atoms with Gasteiger partial charge in [-0.25, -0.2) is 0 Å². The first kappa shape index (κ1) is 11.3. The fraction of sp³-hybridized carbons (Fsp3) is 0.667. The van der Waals surface area contributed by atoms with Gasteiger partial charge in [0.2, 0.25) is 0 Å². The van der Waals surface area contributed by atoms with Crippen LogP contribution in [0.15, 0.2) is 6.07 Å². The van der Waals surface area contributed by atoms with Crippen LogP contribution in [0.2, 0.25) is 0 Å². The summed E-state index contributed by atoms with van der Waals surface area (Å²) in [7, 11) is 0. The SMILES string of the molecule is CCNc1cc2c(nn1)C(C)(C)OC2(C)C. The number of ether oxygens (including phenoxy) is 1. The number of fused-ring (bicyclic) bond motifs is 1. The standard InChI is InChI=1S/C12H19N3O/c1-6-13-9-7-8-10(15-14-9)12(4,5)16-11(8,2)3/h7H,6H2,1-5H3,(H,13,14). The van der Waals surface area contributed by atoms with Crippen LogP contribution in [-0.4, -0.2) is 16.7 Å². The van der Waals surface area contributed by atoms with E-state index in [4.69, 9.17) is 4.74 Å². The highest BCUT2D eigenvalue weighted by atomic mass is 16.5. The summed E-state index contributed by atoms with van der Waals surface area (Å²) in [6.45, 7) is 11.1. The summed E-state index contributed by atoms with van der Waals surface area (Å²) in [6, 6.07) is 2.04. The molecule has 2 heterocycles. The molecule has 0 amide bonds. The summed E-state index contributed by atoms with van der Waals surface area (Å²) < 4.78 is 6.01. The lowest BCUT2D eigenvalue weighted by atomic mass is 9.96. The summed E-state index contributed by atoms with van der Waals surface area (Å²) in [5.74, 6) is 0.815. The molecular weight excluding hydrogens is 202 g/mol. The van der Waals surface area contributed by atoms with Crippen molar-refractivity contribution in [3.8, 4) is 0 Å². The summed E-state index contributed by atoms with van der Waals surface area (Å²) in [5, 5.41) is 11.6. The lowest BCUT2D eigenvalue weighted by Gasteiger charge is -2.23. The van der Waals surface area contributed by atoms with Gasteiger partial charge in [-0.05, 0) is 40.7 Å². The van der Waals surface area contributed by atoms with Gasteiger partial charge < -0.3 is 10.1 Å². The lowest BCUT2D eigenvalue weighted by Crippen LogP contribution is -2.22. The molecule has 1 aromatic rings. The molecular formula is C12H19N3O. The van der Waals surface area contributed by atoms with Crippen molar-refractivity contribution in [2.24, 2.45) is 0 Å². The summed E-state index contributed by atoms with van der Waals surface area (Å²) >= 11 is 0. The quantitative estimate of drug-likeness (QED) is 0.833. The number of rotatable bonds is 2. The van der Waals surface area contributed by atoms with Gasteiger partial charge >= 0.3 is 0 Å². The topological polar surface area (TPSA) is 47.0 Å². The maximum absolute atomic E-state index is 6.01. The highest BCUT2D eigenvalue weighted by Gasteiger charge is 2.44. The van der Waals surface area contributed by atoms with Crippen molar-refractivity contribution < 1.29 is 4.74 Å². The Morgan fingerprint density at radius 2 is 1.88 bits per heavy atom. The van der Waals surface area contributed by atoms with Crippen molar-refractivity contribution in [1.82, 2.24) is 10.2 Å². The molecule has 0 atom stereocenters. The Hall–Kier alpha value is -1.16. The predicted octanol–water partition coefficient (Wildman–Crippen LogP) is 2.41. The monoisotopic (exact) mass is 221 g/mol. The van der Waals surface area contributed by atoms with Crippen molar-refractivity contribution in [3.63, 3.8) is 0 Å². The number of hydrogen-bond donors (Lipinski definition) is 1. The van der Waals surface area contributed by atoms with Crippen LogP contribution in [0.25, 0.3) is 0 Å². The molecule has 1 aliphatic rings. The zero-order valence-corrected chi connectivity index (χ0v) is 10.6. The Bertz CT molecular complexity index is 413. The van der Waals surface area contributed by atoms with E-state index in [1.165, 1.54) is 0 Å². The van der Waals surface area contributed by atoms with Crippen molar-refractivity contribution in [3.05, 3.63) is 17.3 Å². The maximum atomic E-state index is 6.01. The molecule has 0 fully saturated rings. The highest BCUT2D eigenvalue weighted by molar-refractivity contribution is 5.44. The second kappa shape index (κ2) is 3.42. The molecule has 1 aliphatic heterocycles. The largest absolute Gasteiger partial charge is 0.369 e. The number of aromatic nitrogens is 2. The molecule has 88 valence electrons. The fourth-order valence-corrected chi connectivity index (χ4v) is 2.30. The first-order valence-corrected chi connectivity index (χ1v) is 5.69. The van der Waals surface area contributed by atoms with Gasteiger partial charge in [-0.15, -0.1) is 5.10 Å². The van der Waals surface area contributed by atoms with E-state index in [0.29, 0.717) is 0 Å². The molecule has 0 aliphatic carbocycles. The molecule has 0 radical (unpaired) electrons. The second-order valence-corrected chi connectivity index (χ2v) is 5.14. The van der Waals surface area contributed by atoms with Gasteiger partial charge in [0.15, 0.2) is 0 Å². The van der Waals surface area contributed by atoms with Crippen molar-refractivity contribution in [2.75, 3.05) is 11.9 Å². The van der Waals surface area contributed by atoms with E-state index in [-0.39, 0.29) is 11.2 Å². The van der Waals surface area contributed by atoms with Crippen LogP contribution in [0.5, 0.6) is 0 Å². The van der Waals surface area contributed by atoms with E-state index in [9.17, 15) is 0 Å². The third-order valence-corrected chi connectivity index (χ3v) is 2.88. The normalized spacial score (nSPS) is 20.6. The van der Waals surface area contributed by atoms with E-state index in [1.54, 1.807) is 0 Å². The molecule has 0 saturated carbocycles. The predicted molar refractivity (Wildman–Crippen MR) is 63.3 cm³/mol. The first-order chi connectivity index (χ1) is 7.37. The fourth-order valence-electron chi connectivity index (χ4n) is 2.30. The van der Waals surface area contributed by atoms with Crippen LogP contribution < -0.4 is 5.32 Å². The van der Waals surface area contributed by atoms with E-state index in [0.717, 1.165) is 23.6 Å². The zero-order valence-electron chi connectivity index (χ0n) is 10.6. The second-order valence-electron chi connectivity index (χ2n) is 5.14. The third-order valence-electron chi connectivity index (χ3n) is 2.88. The molecule has 0 unspecified atom stereocenters. The minimum Gasteiger partial charge on any atom is -0.369 e. The molecule has 2 rings (SSSR count). The van der Waals surface area contributed by atoms with Crippen LogP contribution in [-0.2, 0) is 15.9 Å². The minimum absolute atomic E-state index is 0.293. The Morgan fingerprint density at radius 1 is 1.19 bits per heavy atom. The smallest absolute Gasteiger partial charge is 0.149 e. The Balaban J connectivity index is 2.50. The maximum Gasteiger partial charge on any atom is 0.149 e. The van der Waals surface area contributed by atoms with Crippen LogP contribution in [0, 0.1) is 0 Å². The van der Waals surface area contributed by atoms with E-state index < -0.39 is 0 Å². The van der Waals surface area contributed by atoms with Gasteiger partial charge in [-0.3, -0.25) is 0 Å². The minimum atomic E-state index is -0.351. The Morgan fingerprint density at radius 3 is 2.50 bits per heavy atom. The van der Waals surface area contributed by atoms with Crippen LogP contribution in [0.4, 0.5) is 5.82 Å². The van der Waals surface area contributed by atoms with Gasteiger partial charge in [0.05, 0.1) is 5.60 Å². The molecule has 0 aromatic carbocycles. The first-order valence-electron chi connectivity index (χ1n) is 5.69. The van der Waals surface area contributed by atoms with Crippen LogP contribution in [0.3, 0.4) is 0 Å². The van der Waals surface area contributed by atoms with Crippen molar-refractivity contribution in [1.29, 1.82) is 0 Å². The summed E-state index contributed by atoms with van der Waals surface area (Å²) in [6.07, 6.45) is 0. The van der Waals surface area contributed by atoms with E-state index in [2.05, 4.69) is 29.4 Å². The highest BCUT2D eigenvalue weighted by Crippen LogP contribution is 2.45. The third kappa shape index (κ3) is 1.67. The molecule has 4 heteroatoms. The average Bonchev–Trinajstić information content (AvgIpc) is 2.33. The number of hydrogen-bond acceptors (Lipinski definition) is 4. The molecule has 0 spiro atoms. The van der Waals surface area contributed by atoms with Gasteiger partial charge in [0.25, 0.3) is 0 Å². The number of anilines is 1. The molecule has 4 nitrogen and oxygen atoms in total. The van der Waals surface area contributed by atoms with Gasteiger partial charge in [-0.1, -0.05) is 0 Å². The summed E-state index contributed by atoms with van der Waals surface area (Å²) in [4.78, 5) is 0. The number of nitrogens with zero attached hydrogens (tertiary/aromatic N) is 2. The van der Waals surface area contributed by atoms with Crippen LogP contribution >= 0.6 is 0 Å². The molecule has 1 N–H and O–H groups in total. The molecule has 0 bridgehead atoms. The van der Waals surface area contributed by atoms with Gasteiger partial charge in [0, 0.05) is 12.1 Å². The van der Waals surface area contributed by atoms with Crippen molar-refractivity contribution >= 4 is 5.82 Å². The molecule has 0 saturated heterocycles. The van der Waals surface area contributed by atoms with Gasteiger partial charge in [0.1, 0.15) is 17.1 Å². The van der Waals surface area contributed by atoms with Crippen LogP contribution in [0.1, 0.15) is 45.9 Å². The Kier molecular flexibility index (Phi) is 2.42. The average molecular weight is 221 g/mol. The Labute approximate surface area is 96.4 Å².